The molecule has 1 atom stereocenters. The summed E-state index contributed by atoms with van der Waals surface area (Å²) in [6.45, 7) is 1.65. The Bertz CT molecular complexity index is 424. The van der Waals surface area contributed by atoms with Gasteiger partial charge in [-0.1, -0.05) is 0 Å². The fourth-order valence-corrected chi connectivity index (χ4v) is 2.91. The molecule has 0 unspecified atom stereocenters. The summed E-state index contributed by atoms with van der Waals surface area (Å²) in [6, 6.07) is 0. The molecule has 5 nitrogen and oxygen atoms in total. The molecule has 0 aliphatic carbocycles. The molecule has 0 amide bonds. The fourth-order valence-electron chi connectivity index (χ4n) is 2.91. The van der Waals surface area contributed by atoms with E-state index in [4.69, 9.17) is 0 Å². The summed E-state index contributed by atoms with van der Waals surface area (Å²) in [4.78, 5) is 22.0. The highest BCUT2D eigenvalue weighted by Crippen LogP contribution is 2.34. The maximum Gasteiger partial charge on any atom is 0.310 e. The van der Waals surface area contributed by atoms with Crippen LogP contribution in [0, 0.1) is 5.41 Å². The Morgan fingerprint density at radius 1 is 1.53 bits per heavy atom. The SMILES string of the molecule is CN1CCC[C@](CCCc2cnccn2)(C(=O)O)C1. The van der Waals surface area contributed by atoms with E-state index in [1.807, 2.05) is 7.05 Å². The first-order valence-corrected chi connectivity index (χ1v) is 6.79. The normalized spacial score (nSPS) is 24.3. The van der Waals surface area contributed by atoms with Crippen molar-refractivity contribution in [1.82, 2.24) is 14.9 Å². The second kappa shape index (κ2) is 6.10. The van der Waals surface area contributed by atoms with Crippen LogP contribution in [0.1, 0.15) is 31.4 Å². The van der Waals surface area contributed by atoms with Gasteiger partial charge in [-0.05, 0) is 45.7 Å². The third-order valence-corrected chi connectivity index (χ3v) is 3.93. The predicted octanol–water partition coefficient (Wildman–Crippen LogP) is 1.60. The molecule has 0 bridgehead atoms. The van der Waals surface area contributed by atoms with Crippen LogP contribution in [0.25, 0.3) is 0 Å². The lowest BCUT2D eigenvalue weighted by Crippen LogP contribution is -2.46. The van der Waals surface area contributed by atoms with E-state index in [0.29, 0.717) is 13.0 Å². The molecule has 0 radical (unpaired) electrons. The molecule has 0 aromatic carbocycles. The van der Waals surface area contributed by atoms with Gasteiger partial charge in [0.25, 0.3) is 0 Å². The third-order valence-electron chi connectivity index (χ3n) is 3.93. The van der Waals surface area contributed by atoms with E-state index in [-0.39, 0.29) is 0 Å². The first-order valence-electron chi connectivity index (χ1n) is 6.79. The summed E-state index contributed by atoms with van der Waals surface area (Å²) in [5.74, 6) is -0.654. The summed E-state index contributed by atoms with van der Waals surface area (Å²) in [7, 11) is 2.00. The molecule has 1 aromatic heterocycles. The highest BCUT2D eigenvalue weighted by atomic mass is 16.4. The predicted molar refractivity (Wildman–Crippen MR) is 71.8 cm³/mol. The maximum atomic E-state index is 11.6. The number of piperidine rings is 1. The Morgan fingerprint density at radius 3 is 3.00 bits per heavy atom. The van der Waals surface area contributed by atoms with Crippen molar-refractivity contribution >= 4 is 5.97 Å². The number of carboxylic acid groups (broad SMARTS) is 1. The first kappa shape index (κ1) is 13.9. The van der Waals surface area contributed by atoms with Crippen molar-refractivity contribution in [2.45, 2.75) is 32.1 Å². The number of carbonyl (C=O) groups is 1. The van der Waals surface area contributed by atoms with E-state index in [1.54, 1.807) is 18.6 Å². The molecular weight excluding hydrogens is 242 g/mol. The lowest BCUT2D eigenvalue weighted by Gasteiger charge is -2.38. The van der Waals surface area contributed by atoms with Crippen molar-refractivity contribution in [3.8, 4) is 0 Å². The minimum atomic E-state index is -0.654. The van der Waals surface area contributed by atoms with E-state index in [9.17, 15) is 9.90 Å². The standard InChI is InChI=1S/C14H21N3O2/c1-17-9-3-6-14(11-17,13(18)19)5-2-4-12-10-15-7-8-16-12/h7-8,10H,2-6,9,11H2,1H3,(H,18,19)/t14-/m0/s1. The topological polar surface area (TPSA) is 66.3 Å². The molecule has 2 rings (SSSR count). The first-order chi connectivity index (χ1) is 9.12. The van der Waals surface area contributed by atoms with Gasteiger partial charge in [-0.2, -0.15) is 0 Å². The third kappa shape index (κ3) is 3.50. The van der Waals surface area contributed by atoms with Crippen LogP contribution in [0.15, 0.2) is 18.6 Å². The Labute approximate surface area is 113 Å². The lowest BCUT2D eigenvalue weighted by atomic mass is 9.76. The molecule has 0 saturated carbocycles. The van der Waals surface area contributed by atoms with Crippen LogP contribution in [-0.2, 0) is 11.2 Å². The van der Waals surface area contributed by atoms with Crippen LogP contribution in [0.3, 0.4) is 0 Å². The number of aromatic nitrogens is 2. The Morgan fingerprint density at radius 2 is 2.37 bits per heavy atom. The van der Waals surface area contributed by atoms with Gasteiger partial charge < -0.3 is 10.0 Å². The van der Waals surface area contributed by atoms with Crippen molar-refractivity contribution in [3.63, 3.8) is 0 Å². The van der Waals surface area contributed by atoms with Crippen molar-refractivity contribution < 1.29 is 9.90 Å². The van der Waals surface area contributed by atoms with Gasteiger partial charge in [0.2, 0.25) is 0 Å². The van der Waals surface area contributed by atoms with Gasteiger partial charge in [0, 0.05) is 25.1 Å². The van der Waals surface area contributed by atoms with Crippen LogP contribution in [0.4, 0.5) is 0 Å². The van der Waals surface area contributed by atoms with E-state index in [2.05, 4.69) is 14.9 Å². The summed E-state index contributed by atoms with van der Waals surface area (Å²) >= 11 is 0. The number of hydrogen-bond acceptors (Lipinski definition) is 4. The van der Waals surface area contributed by atoms with E-state index in [1.165, 1.54) is 0 Å². The zero-order valence-corrected chi connectivity index (χ0v) is 11.4. The van der Waals surface area contributed by atoms with Crippen molar-refractivity contribution in [3.05, 3.63) is 24.3 Å². The second-order valence-corrected chi connectivity index (χ2v) is 5.48. The Kier molecular flexibility index (Phi) is 4.47. The number of hydrogen-bond donors (Lipinski definition) is 1. The second-order valence-electron chi connectivity index (χ2n) is 5.48. The number of aliphatic carboxylic acids is 1. The van der Waals surface area contributed by atoms with Gasteiger partial charge in [-0.3, -0.25) is 14.8 Å². The molecule has 1 saturated heterocycles. The van der Waals surface area contributed by atoms with E-state index < -0.39 is 11.4 Å². The Balaban J connectivity index is 1.92. The molecule has 1 fully saturated rings. The zero-order chi connectivity index (χ0) is 13.7. The van der Waals surface area contributed by atoms with Crippen molar-refractivity contribution in [1.29, 1.82) is 0 Å². The molecule has 1 N–H and O–H groups in total. The monoisotopic (exact) mass is 263 g/mol. The molecule has 1 aliphatic heterocycles. The van der Waals surface area contributed by atoms with E-state index >= 15 is 0 Å². The number of aryl methyl sites for hydroxylation is 1. The van der Waals surface area contributed by atoms with Crippen LogP contribution in [0.2, 0.25) is 0 Å². The minimum Gasteiger partial charge on any atom is -0.481 e. The smallest absolute Gasteiger partial charge is 0.310 e. The maximum absolute atomic E-state index is 11.6. The molecule has 1 aliphatic rings. The average Bonchev–Trinajstić information content (AvgIpc) is 2.40. The number of rotatable bonds is 5. The summed E-state index contributed by atoms with van der Waals surface area (Å²) < 4.78 is 0. The quantitative estimate of drug-likeness (QED) is 0.874. The van der Waals surface area contributed by atoms with Crippen molar-refractivity contribution in [2.24, 2.45) is 5.41 Å². The summed E-state index contributed by atoms with van der Waals surface area (Å²) in [6.07, 6.45) is 9.19. The van der Waals surface area contributed by atoms with Gasteiger partial charge >= 0.3 is 5.97 Å². The molecule has 2 heterocycles. The molecule has 1 aromatic rings. The van der Waals surface area contributed by atoms with Crippen molar-refractivity contribution in [2.75, 3.05) is 20.1 Å². The van der Waals surface area contributed by atoms with E-state index in [0.717, 1.165) is 37.9 Å². The molecule has 5 heteroatoms. The average molecular weight is 263 g/mol. The number of nitrogens with zero attached hydrogens (tertiary/aromatic N) is 3. The van der Waals surface area contributed by atoms with Crippen LogP contribution < -0.4 is 0 Å². The highest BCUT2D eigenvalue weighted by molar-refractivity contribution is 5.75. The number of likely N-dealkylation sites (tertiary alicyclic amines) is 1. The molecule has 19 heavy (non-hydrogen) atoms. The van der Waals surface area contributed by atoms with Crippen LogP contribution in [-0.4, -0.2) is 46.1 Å². The fraction of sp³-hybridized carbons (Fsp3) is 0.643. The zero-order valence-electron chi connectivity index (χ0n) is 11.4. The molecule has 0 spiro atoms. The van der Waals surface area contributed by atoms with Gasteiger partial charge in [0.1, 0.15) is 0 Å². The van der Waals surface area contributed by atoms with Crippen LogP contribution >= 0.6 is 0 Å². The molecular formula is C14H21N3O2. The van der Waals surface area contributed by atoms with Gasteiger partial charge in [0.05, 0.1) is 11.1 Å². The Hall–Kier alpha value is -1.49. The molecule has 104 valence electrons. The highest BCUT2D eigenvalue weighted by Gasteiger charge is 2.40. The number of carboxylic acids is 1. The van der Waals surface area contributed by atoms with Gasteiger partial charge in [-0.25, -0.2) is 0 Å². The lowest BCUT2D eigenvalue weighted by molar-refractivity contribution is -0.153. The minimum absolute atomic E-state index is 0.574. The van der Waals surface area contributed by atoms with Gasteiger partial charge in [0.15, 0.2) is 0 Å². The summed E-state index contributed by atoms with van der Waals surface area (Å²) in [5, 5.41) is 9.55. The largest absolute Gasteiger partial charge is 0.481 e. The van der Waals surface area contributed by atoms with Crippen LogP contribution in [0.5, 0.6) is 0 Å². The van der Waals surface area contributed by atoms with Gasteiger partial charge in [-0.15, -0.1) is 0 Å². The summed E-state index contributed by atoms with van der Waals surface area (Å²) in [5.41, 5.74) is 0.363.